The molecule has 1 N–H and O–H groups in total. The molecule has 5 heteroatoms. The summed E-state index contributed by atoms with van der Waals surface area (Å²) in [6.45, 7) is 10.0. The smallest absolute Gasteiger partial charge is 0.0635 e. The maximum atomic E-state index is 5.68. The van der Waals surface area contributed by atoms with Gasteiger partial charge in [-0.3, -0.25) is 9.58 Å². The minimum absolute atomic E-state index is 0.490. The summed E-state index contributed by atoms with van der Waals surface area (Å²) in [5, 5.41) is 8.31. The number of rotatable bonds is 7. The second kappa shape index (κ2) is 6.90. The van der Waals surface area contributed by atoms with Gasteiger partial charge in [-0.25, -0.2) is 0 Å². The first kappa shape index (κ1) is 15.0. The molecule has 2 fully saturated rings. The van der Waals surface area contributed by atoms with Crippen molar-refractivity contribution in [3.05, 3.63) is 17.5 Å². The van der Waals surface area contributed by atoms with E-state index in [-0.39, 0.29) is 0 Å². The van der Waals surface area contributed by atoms with Crippen LogP contribution in [-0.4, -0.2) is 53.1 Å². The van der Waals surface area contributed by atoms with Crippen LogP contribution >= 0.6 is 0 Å². The van der Waals surface area contributed by atoms with Gasteiger partial charge in [-0.15, -0.1) is 0 Å². The number of aromatic nitrogens is 2. The average molecular weight is 292 g/mol. The summed E-state index contributed by atoms with van der Waals surface area (Å²) in [6, 6.07) is 3.52. The van der Waals surface area contributed by atoms with E-state index in [4.69, 9.17) is 4.74 Å². The Bertz CT molecular complexity index is 455. The van der Waals surface area contributed by atoms with E-state index in [0.29, 0.717) is 6.04 Å². The van der Waals surface area contributed by atoms with Crippen LogP contribution in [0.3, 0.4) is 0 Å². The van der Waals surface area contributed by atoms with Crippen molar-refractivity contribution in [3.8, 4) is 0 Å². The Balaban J connectivity index is 1.63. The summed E-state index contributed by atoms with van der Waals surface area (Å²) >= 11 is 0. The maximum absolute atomic E-state index is 5.68. The van der Waals surface area contributed by atoms with E-state index in [2.05, 4.69) is 39.9 Å². The summed E-state index contributed by atoms with van der Waals surface area (Å²) in [4.78, 5) is 2.56. The molecule has 0 spiro atoms. The summed E-state index contributed by atoms with van der Waals surface area (Å²) in [6.07, 6.45) is 3.70. The fourth-order valence-corrected chi connectivity index (χ4v) is 2.97. The van der Waals surface area contributed by atoms with Crippen LogP contribution < -0.4 is 5.32 Å². The van der Waals surface area contributed by atoms with Crippen molar-refractivity contribution in [1.29, 1.82) is 0 Å². The highest BCUT2D eigenvalue weighted by Crippen LogP contribution is 2.20. The summed E-state index contributed by atoms with van der Waals surface area (Å²) in [5.74, 6) is 0. The van der Waals surface area contributed by atoms with E-state index in [0.717, 1.165) is 51.9 Å². The van der Waals surface area contributed by atoms with E-state index in [1.807, 2.05) is 0 Å². The van der Waals surface area contributed by atoms with Crippen LogP contribution in [0.2, 0.25) is 0 Å². The fourth-order valence-electron chi connectivity index (χ4n) is 2.97. The van der Waals surface area contributed by atoms with Gasteiger partial charge >= 0.3 is 0 Å². The summed E-state index contributed by atoms with van der Waals surface area (Å²) in [5.41, 5.74) is 2.54. The minimum atomic E-state index is 0.490. The van der Waals surface area contributed by atoms with Gasteiger partial charge in [0.25, 0.3) is 0 Å². The van der Waals surface area contributed by atoms with Gasteiger partial charge in [-0.2, -0.15) is 5.10 Å². The van der Waals surface area contributed by atoms with Gasteiger partial charge in [0.15, 0.2) is 0 Å². The number of hydrogen-bond acceptors (Lipinski definition) is 4. The van der Waals surface area contributed by atoms with Crippen molar-refractivity contribution in [1.82, 2.24) is 20.0 Å². The molecule has 5 nitrogen and oxygen atoms in total. The van der Waals surface area contributed by atoms with Crippen LogP contribution in [0.15, 0.2) is 6.07 Å². The van der Waals surface area contributed by atoms with Gasteiger partial charge in [0.1, 0.15) is 0 Å². The second-order valence-electron chi connectivity index (χ2n) is 6.18. The predicted octanol–water partition coefficient (Wildman–Crippen LogP) is 1.42. The van der Waals surface area contributed by atoms with E-state index in [9.17, 15) is 0 Å². The molecule has 1 aliphatic carbocycles. The highest BCUT2D eigenvalue weighted by atomic mass is 16.5. The molecule has 0 radical (unpaired) electrons. The van der Waals surface area contributed by atoms with Crippen LogP contribution in [0, 0.1) is 0 Å². The van der Waals surface area contributed by atoms with Gasteiger partial charge in [0.05, 0.1) is 24.6 Å². The van der Waals surface area contributed by atoms with Crippen molar-refractivity contribution >= 4 is 0 Å². The third-order valence-electron chi connectivity index (χ3n) is 4.51. The number of morpholine rings is 1. The molecule has 118 valence electrons. The normalized spacial score (nSPS) is 23.6. The fraction of sp³-hybridized carbons (Fsp3) is 0.812. The topological polar surface area (TPSA) is 42.3 Å². The van der Waals surface area contributed by atoms with Crippen molar-refractivity contribution in [2.75, 3.05) is 26.3 Å². The maximum Gasteiger partial charge on any atom is 0.0635 e. The molecule has 2 heterocycles. The molecule has 1 aromatic rings. The van der Waals surface area contributed by atoms with E-state index in [1.54, 1.807) is 0 Å². The Morgan fingerprint density at radius 1 is 1.38 bits per heavy atom. The lowest BCUT2D eigenvalue weighted by atomic mass is 10.2. The number of nitrogens with one attached hydrogen (secondary N) is 1. The standard InChI is InChI=1S/C16H28N4O/c1-3-13-9-15(20(4-2)18-13)11-19-7-8-21-12-16(19)10-17-14-5-6-14/h9,14,16-17H,3-8,10-12H2,1-2H3. The molecule has 2 aliphatic rings. The molecule has 0 amide bonds. The number of ether oxygens (including phenoxy) is 1. The van der Waals surface area contributed by atoms with Gasteiger partial charge in [0.2, 0.25) is 0 Å². The number of hydrogen-bond donors (Lipinski definition) is 1. The molecule has 1 saturated carbocycles. The lowest BCUT2D eigenvalue weighted by Gasteiger charge is -2.35. The quantitative estimate of drug-likeness (QED) is 0.825. The Hall–Kier alpha value is -0.910. The van der Waals surface area contributed by atoms with Crippen LogP contribution in [0.1, 0.15) is 38.1 Å². The molecule has 21 heavy (non-hydrogen) atoms. The largest absolute Gasteiger partial charge is 0.378 e. The summed E-state index contributed by atoms with van der Waals surface area (Å²) < 4.78 is 7.83. The molecule has 1 aliphatic heterocycles. The molecule has 1 unspecified atom stereocenters. The SMILES string of the molecule is CCc1cc(CN2CCOCC2CNC2CC2)n(CC)n1. The van der Waals surface area contributed by atoms with Crippen LogP contribution in [0.4, 0.5) is 0 Å². The predicted molar refractivity (Wildman–Crippen MR) is 83.3 cm³/mol. The zero-order chi connectivity index (χ0) is 14.7. The number of nitrogens with zero attached hydrogens (tertiary/aromatic N) is 3. The van der Waals surface area contributed by atoms with E-state index < -0.39 is 0 Å². The third-order valence-corrected chi connectivity index (χ3v) is 4.51. The Morgan fingerprint density at radius 2 is 2.24 bits per heavy atom. The number of aryl methyl sites for hydroxylation is 2. The first-order chi connectivity index (χ1) is 10.3. The lowest BCUT2D eigenvalue weighted by molar-refractivity contribution is -0.0121. The van der Waals surface area contributed by atoms with Gasteiger partial charge in [-0.1, -0.05) is 6.92 Å². The van der Waals surface area contributed by atoms with Crippen LogP contribution in [-0.2, 0) is 24.2 Å². The van der Waals surface area contributed by atoms with E-state index in [1.165, 1.54) is 24.2 Å². The van der Waals surface area contributed by atoms with Gasteiger partial charge < -0.3 is 10.1 Å². The molecular formula is C16H28N4O. The molecule has 1 saturated heterocycles. The van der Waals surface area contributed by atoms with Crippen molar-refractivity contribution < 1.29 is 4.74 Å². The van der Waals surface area contributed by atoms with Gasteiger partial charge in [-0.05, 0) is 32.3 Å². The zero-order valence-electron chi connectivity index (χ0n) is 13.3. The highest BCUT2D eigenvalue weighted by molar-refractivity contribution is 5.11. The van der Waals surface area contributed by atoms with Crippen molar-refractivity contribution in [2.45, 2.75) is 58.3 Å². The molecule has 0 bridgehead atoms. The minimum Gasteiger partial charge on any atom is -0.378 e. The van der Waals surface area contributed by atoms with Gasteiger partial charge in [0, 0.05) is 38.3 Å². The summed E-state index contributed by atoms with van der Waals surface area (Å²) in [7, 11) is 0. The average Bonchev–Trinajstić information content (AvgIpc) is 3.26. The van der Waals surface area contributed by atoms with E-state index >= 15 is 0 Å². The lowest BCUT2D eigenvalue weighted by Crippen LogP contribution is -2.50. The van der Waals surface area contributed by atoms with Crippen molar-refractivity contribution in [3.63, 3.8) is 0 Å². The monoisotopic (exact) mass is 292 g/mol. The first-order valence-electron chi connectivity index (χ1n) is 8.41. The molecular weight excluding hydrogens is 264 g/mol. The molecule has 1 atom stereocenters. The second-order valence-corrected chi connectivity index (χ2v) is 6.18. The Morgan fingerprint density at radius 3 is 2.95 bits per heavy atom. The zero-order valence-corrected chi connectivity index (χ0v) is 13.3. The molecule has 3 rings (SSSR count). The molecule has 0 aromatic carbocycles. The highest BCUT2D eigenvalue weighted by Gasteiger charge is 2.27. The first-order valence-corrected chi connectivity index (χ1v) is 8.41. The molecule has 1 aromatic heterocycles. The Labute approximate surface area is 127 Å². The van der Waals surface area contributed by atoms with Crippen molar-refractivity contribution in [2.24, 2.45) is 0 Å². The third kappa shape index (κ3) is 3.84. The Kier molecular flexibility index (Phi) is 4.93. The van der Waals surface area contributed by atoms with Crippen LogP contribution in [0.5, 0.6) is 0 Å². The van der Waals surface area contributed by atoms with Crippen LogP contribution in [0.25, 0.3) is 0 Å².